The van der Waals surface area contributed by atoms with Gasteiger partial charge in [-0.25, -0.2) is 4.98 Å². The molecule has 3 nitrogen and oxygen atoms in total. The molecule has 0 amide bonds. The number of halogens is 2. The minimum Gasteiger partial charge on any atom is -0.484 e. The molecule has 0 fully saturated rings. The first kappa shape index (κ1) is 18.9. The van der Waals surface area contributed by atoms with E-state index in [1.807, 2.05) is 18.2 Å². The van der Waals surface area contributed by atoms with Crippen LogP contribution in [-0.4, -0.2) is 9.55 Å². The quantitative estimate of drug-likeness (QED) is 0.371. The average molecular weight is 411 g/mol. The largest absolute Gasteiger partial charge is 0.484 e. The van der Waals surface area contributed by atoms with Gasteiger partial charge in [-0.1, -0.05) is 59.1 Å². The van der Waals surface area contributed by atoms with Gasteiger partial charge in [0.25, 0.3) is 0 Å². The zero-order chi connectivity index (χ0) is 19.7. The van der Waals surface area contributed by atoms with Gasteiger partial charge in [0.05, 0.1) is 16.1 Å². The monoisotopic (exact) mass is 410 g/mol. The number of imidazole rings is 1. The van der Waals surface area contributed by atoms with E-state index in [1.165, 1.54) is 16.7 Å². The highest BCUT2D eigenvalue weighted by Crippen LogP contribution is 2.29. The van der Waals surface area contributed by atoms with E-state index in [2.05, 4.69) is 42.7 Å². The second kappa shape index (κ2) is 7.86. The highest BCUT2D eigenvalue weighted by Gasteiger charge is 2.13. The van der Waals surface area contributed by atoms with Gasteiger partial charge in [-0.15, -0.1) is 0 Å². The summed E-state index contributed by atoms with van der Waals surface area (Å²) in [7, 11) is 0. The number of hydrogen-bond acceptors (Lipinski definition) is 2. The van der Waals surface area contributed by atoms with Gasteiger partial charge in [0.15, 0.2) is 0 Å². The van der Waals surface area contributed by atoms with Crippen LogP contribution in [0.3, 0.4) is 0 Å². The van der Waals surface area contributed by atoms with Crippen molar-refractivity contribution in [2.45, 2.75) is 27.0 Å². The molecule has 3 aromatic carbocycles. The summed E-state index contributed by atoms with van der Waals surface area (Å²) < 4.78 is 8.18. The molecule has 0 bridgehead atoms. The molecule has 1 aromatic heterocycles. The van der Waals surface area contributed by atoms with Gasteiger partial charge in [-0.3, -0.25) is 0 Å². The summed E-state index contributed by atoms with van der Waals surface area (Å²) in [4.78, 5) is 4.79. The molecule has 0 spiro atoms. The summed E-state index contributed by atoms with van der Waals surface area (Å²) in [5.74, 6) is 1.45. The van der Waals surface area contributed by atoms with Crippen LogP contribution in [0.4, 0.5) is 0 Å². The number of para-hydroxylation sites is 2. The van der Waals surface area contributed by atoms with Crippen LogP contribution in [0, 0.1) is 13.8 Å². The lowest BCUT2D eigenvalue weighted by Crippen LogP contribution is -2.09. The van der Waals surface area contributed by atoms with E-state index in [0.717, 1.165) is 23.4 Å². The maximum absolute atomic E-state index is 6.25. The van der Waals surface area contributed by atoms with Gasteiger partial charge < -0.3 is 9.30 Å². The highest BCUT2D eigenvalue weighted by molar-refractivity contribution is 6.35. The van der Waals surface area contributed by atoms with Crippen LogP contribution in [0.15, 0.2) is 60.7 Å². The number of aryl methyl sites for hydroxylation is 2. The molecular weight excluding hydrogens is 391 g/mol. The first-order valence-electron chi connectivity index (χ1n) is 9.09. The van der Waals surface area contributed by atoms with E-state index in [4.69, 9.17) is 32.9 Å². The second-order valence-corrected chi connectivity index (χ2v) is 7.74. The number of benzene rings is 3. The van der Waals surface area contributed by atoms with Crippen LogP contribution in [-0.2, 0) is 13.2 Å². The molecule has 0 aliphatic rings. The molecule has 0 N–H and O–H groups in total. The summed E-state index contributed by atoms with van der Waals surface area (Å²) in [6.45, 7) is 5.31. The summed E-state index contributed by atoms with van der Waals surface area (Å²) in [5.41, 5.74) is 5.82. The number of nitrogens with zero attached hydrogens (tertiary/aromatic N) is 2. The first-order valence-corrected chi connectivity index (χ1v) is 9.85. The SMILES string of the molecule is Cc1ccc(C)c(Cn2c(COc3ccc(Cl)cc3Cl)nc3ccccc32)c1. The number of hydrogen-bond donors (Lipinski definition) is 0. The van der Waals surface area contributed by atoms with Crippen molar-refractivity contribution >= 4 is 34.2 Å². The average Bonchev–Trinajstić information content (AvgIpc) is 3.02. The Morgan fingerprint density at radius 3 is 2.61 bits per heavy atom. The third kappa shape index (κ3) is 3.87. The Hall–Kier alpha value is -2.49. The topological polar surface area (TPSA) is 27.1 Å². The van der Waals surface area contributed by atoms with Crippen molar-refractivity contribution in [2.24, 2.45) is 0 Å². The maximum Gasteiger partial charge on any atom is 0.148 e. The van der Waals surface area contributed by atoms with Crippen LogP contribution < -0.4 is 4.74 Å². The standard InChI is InChI=1S/C23H20Cl2N2O/c1-15-7-8-16(2)17(11-15)13-27-21-6-4-3-5-20(21)26-23(27)14-28-22-10-9-18(24)12-19(22)25/h3-12H,13-14H2,1-2H3. The third-order valence-electron chi connectivity index (χ3n) is 4.82. The van der Waals surface area contributed by atoms with Crippen molar-refractivity contribution < 1.29 is 4.74 Å². The van der Waals surface area contributed by atoms with E-state index in [-0.39, 0.29) is 0 Å². The number of aromatic nitrogens is 2. The van der Waals surface area contributed by atoms with Crippen LogP contribution in [0.5, 0.6) is 5.75 Å². The fourth-order valence-electron chi connectivity index (χ4n) is 3.29. The molecule has 0 aliphatic heterocycles. The van der Waals surface area contributed by atoms with Crippen LogP contribution in [0.1, 0.15) is 22.5 Å². The normalized spacial score (nSPS) is 11.1. The molecule has 4 rings (SSSR count). The van der Waals surface area contributed by atoms with E-state index in [1.54, 1.807) is 18.2 Å². The lowest BCUT2D eigenvalue weighted by molar-refractivity contribution is 0.291. The van der Waals surface area contributed by atoms with Crippen molar-refractivity contribution in [2.75, 3.05) is 0 Å². The molecule has 0 aliphatic carbocycles. The third-order valence-corrected chi connectivity index (χ3v) is 5.35. The molecule has 5 heteroatoms. The van der Waals surface area contributed by atoms with Gasteiger partial charge in [0.1, 0.15) is 18.2 Å². The Bertz CT molecular complexity index is 1150. The van der Waals surface area contributed by atoms with E-state index in [0.29, 0.717) is 22.4 Å². The van der Waals surface area contributed by atoms with Gasteiger partial charge in [0.2, 0.25) is 0 Å². The molecule has 28 heavy (non-hydrogen) atoms. The fourth-order valence-corrected chi connectivity index (χ4v) is 3.75. The smallest absolute Gasteiger partial charge is 0.148 e. The molecule has 0 radical (unpaired) electrons. The van der Waals surface area contributed by atoms with Crippen molar-refractivity contribution in [3.8, 4) is 5.75 Å². The van der Waals surface area contributed by atoms with Crippen molar-refractivity contribution in [1.29, 1.82) is 0 Å². The van der Waals surface area contributed by atoms with Crippen molar-refractivity contribution in [1.82, 2.24) is 9.55 Å². The summed E-state index contributed by atoms with van der Waals surface area (Å²) >= 11 is 12.2. The molecule has 0 saturated heterocycles. The predicted molar refractivity (Wildman–Crippen MR) is 116 cm³/mol. The first-order chi connectivity index (χ1) is 13.5. The maximum atomic E-state index is 6.25. The van der Waals surface area contributed by atoms with Crippen molar-refractivity contribution in [3.05, 3.63) is 93.2 Å². The molecule has 0 atom stereocenters. The summed E-state index contributed by atoms with van der Waals surface area (Å²) in [5, 5.41) is 1.07. The molecule has 1 heterocycles. The summed E-state index contributed by atoms with van der Waals surface area (Å²) in [6, 6.07) is 19.9. The molecule has 4 aromatic rings. The Morgan fingerprint density at radius 1 is 0.964 bits per heavy atom. The zero-order valence-corrected chi connectivity index (χ0v) is 17.3. The minimum atomic E-state index is 0.320. The zero-order valence-electron chi connectivity index (χ0n) is 15.7. The summed E-state index contributed by atoms with van der Waals surface area (Å²) in [6.07, 6.45) is 0. The van der Waals surface area contributed by atoms with Gasteiger partial charge in [-0.05, 0) is 55.3 Å². The molecule has 0 unspecified atom stereocenters. The van der Waals surface area contributed by atoms with E-state index in [9.17, 15) is 0 Å². The lowest BCUT2D eigenvalue weighted by atomic mass is 10.1. The minimum absolute atomic E-state index is 0.320. The molecule has 142 valence electrons. The Labute approximate surface area is 174 Å². The number of ether oxygens (including phenoxy) is 1. The van der Waals surface area contributed by atoms with Crippen LogP contribution in [0.2, 0.25) is 10.0 Å². The van der Waals surface area contributed by atoms with Crippen LogP contribution in [0.25, 0.3) is 11.0 Å². The number of rotatable bonds is 5. The Morgan fingerprint density at radius 2 is 1.79 bits per heavy atom. The van der Waals surface area contributed by atoms with Crippen molar-refractivity contribution in [3.63, 3.8) is 0 Å². The van der Waals surface area contributed by atoms with E-state index >= 15 is 0 Å². The van der Waals surface area contributed by atoms with Gasteiger partial charge in [-0.2, -0.15) is 0 Å². The highest BCUT2D eigenvalue weighted by atomic mass is 35.5. The predicted octanol–water partition coefficient (Wildman–Crippen LogP) is 6.59. The molecule has 0 saturated carbocycles. The van der Waals surface area contributed by atoms with Gasteiger partial charge in [0, 0.05) is 11.6 Å². The van der Waals surface area contributed by atoms with Crippen LogP contribution >= 0.6 is 23.2 Å². The fraction of sp³-hybridized carbons (Fsp3) is 0.174. The molecular formula is C23H20Cl2N2O. The van der Waals surface area contributed by atoms with Gasteiger partial charge >= 0.3 is 0 Å². The lowest BCUT2D eigenvalue weighted by Gasteiger charge is -2.13. The second-order valence-electron chi connectivity index (χ2n) is 6.90. The Balaban J connectivity index is 1.69. The number of fused-ring (bicyclic) bond motifs is 1. The Kier molecular flexibility index (Phi) is 5.29. The van der Waals surface area contributed by atoms with E-state index < -0.39 is 0 Å².